The lowest BCUT2D eigenvalue weighted by Crippen LogP contribution is -2.48. The van der Waals surface area contributed by atoms with Crippen molar-refractivity contribution in [3.05, 3.63) is 53.1 Å². The average molecular weight is 489 g/mol. The first-order chi connectivity index (χ1) is 15.9. The van der Waals surface area contributed by atoms with E-state index < -0.39 is 0 Å². The number of carbonyl (C=O) groups excluding carboxylic acids is 2. The van der Waals surface area contributed by atoms with Crippen molar-refractivity contribution in [1.29, 1.82) is 0 Å². The summed E-state index contributed by atoms with van der Waals surface area (Å²) in [4.78, 5) is 28.5. The minimum absolute atomic E-state index is 0.176. The number of anilines is 2. The predicted molar refractivity (Wildman–Crippen MR) is 136 cm³/mol. The van der Waals surface area contributed by atoms with Crippen LogP contribution in [0.3, 0.4) is 0 Å². The SMILES string of the molecule is CCCOc1cccc(C(=O)NC(=S)Nc2ccc(N3CCN(C(=O)CC)CC3)c(Cl)c2)c1. The molecule has 0 unspecified atom stereocenters. The minimum Gasteiger partial charge on any atom is -0.494 e. The van der Waals surface area contributed by atoms with Crippen molar-refractivity contribution in [3.63, 3.8) is 0 Å². The maximum Gasteiger partial charge on any atom is 0.257 e. The zero-order valence-corrected chi connectivity index (χ0v) is 20.5. The molecule has 0 aromatic heterocycles. The van der Waals surface area contributed by atoms with Crippen LogP contribution in [0.5, 0.6) is 5.75 Å². The molecule has 0 saturated carbocycles. The Labute approximate surface area is 205 Å². The molecule has 2 aromatic rings. The summed E-state index contributed by atoms with van der Waals surface area (Å²) >= 11 is 11.8. The molecule has 2 N–H and O–H groups in total. The van der Waals surface area contributed by atoms with Crippen molar-refractivity contribution in [2.45, 2.75) is 26.7 Å². The van der Waals surface area contributed by atoms with Crippen LogP contribution in [0.15, 0.2) is 42.5 Å². The van der Waals surface area contributed by atoms with E-state index in [4.69, 9.17) is 28.6 Å². The molecule has 9 heteroatoms. The number of nitrogens with one attached hydrogen (secondary N) is 2. The van der Waals surface area contributed by atoms with Gasteiger partial charge in [-0.1, -0.05) is 31.5 Å². The van der Waals surface area contributed by atoms with Crippen LogP contribution >= 0.6 is 23.8 Å². The standard InChI is InChI=1S/C24H29ClN4O3S/c1-3-14-32-19-7-5-6-17(15-19)23(31)27-24(33)26-18-8-9-21(20(25)16-18)28-10-12-29(13-11-28)22(30)4-2/h5-9,15-16H,3-4,10-14H2,1-2H3,(H2,26,27,31,33). The molecule has 7 nitrogen and oxygen atoms in total. The van der Waals surface area contributed by atoms with E-state index in [9.17, 15) is 9.59 Å². The van der Waals surface area contributed by atoms with E-state index in [2.05, 4.69) is 15.5 Å². The van der Waals surface area contributed by atoms with Gasteiger partial charge in [-0.15, -0.1) is 0 Å². The molecule has 0 spiro atoms. The zero-order valence-electron chi connectivity index (χ0n) is 18.9. The first kappa shape index (κ1) is 24.8. The van der Waals surface area contributed by atoms with Gasteiger partial charge in [-0.25, -0.2) is 0 Å². The van der Waals surface area contributed by atoms with E-state index in [1.807, 2.05) is 36.9 Å². The van der Waals surface area contributed by atoms with Gasteiger partial charge in [-0.2, -0.15) is 0 Å². The Bertz CT molecular complexity index is 1010. The summed E-state index contributed by atoms with van der Waals surface area (Å²) in [5.41, 5.74) is 2.04. The number of carbonyl (C=O) groups is 2. The van der Waals surface area contributed by atoms with Crippen LogP contribution < -0.4 is 20.3 Å². The third-order valence-corrected chi connectivity index (χ3v) is 5.78. The van der Waals surface area contributed by atoms with E-state index in [1.165, 1.54) is 0 Å². The molecule has 0 atom stereocenters. The summed E-state index contributed by atoms with van der Waals surface area (Å²) in [6.45, 7) is 7.32. The summed E-state index contributed by atoms with van der Waals surface area (Å²) < 4.78 is 5.58. The van der Waals surface area contributed by atoms with E-state index in [-0.39, 0.29) is 16.9 Å². The Morgan fingerprint density at radius 1 is 1.09 bits per heavy atom. The molecule has 1 aliphatic rings. The van der Waals surface area contributed by atoms with Crippen LogP contribution in [-0.4, -0.2) is 54.6 Å². The highest BCUT2D eigenvalue weighted by molar-refractivity contribution is 7.80. The molecular formula is C24H29ClN4O3S. The monoisotopic (exact) mass is 488 g/mol. The van der Waals surface area contributed by atoms with Crippen molar-refractivity contribution in [2.24, 2.45) is 0 Å². The number of ether oxygens (including phenoxy) is 1. The molecule has 1 heterocycles. The van der Waals surface area contributed by atoms with Crippen molar-refractivity contribution < 1.29 is 14.3 Å². The lowest BCUT2D eigenvalue weighted by atomic mass is 10.2. The van der Waals surface area contributed by atoms with Gasteiger partial charge in [0.2, 0.25) is 5.91 Å². The fourth-order valence-electron chi connectivity index (χ4n) is 3.55. The second kappa shape index (κ2) is 11.9. The number of piperazine rings is 1. The van der Waals surface area contributed by atoms with Gasteiger partial charge >= 0.3 is 0 Å². The molecule has 0 aliphatic carbocycles. The highest BCUT2D eigenvalue weighted by Gasteiger charge is 2.21. The molecular weight excluding hydrogens is 460 g/mol. The van der Waals surface area contributed by atoms with Gasteiger partial charge in [-0.05, 0) is 55.0 Å². The summed E-state index contributed by atoms with van der Waals surface area (Å²) in [5.74, 6) is 0.498. The maximum absolute atomic E-state index is 12.5. The second-order valence-corrected chi connectivity index (χ2v) is 8.49. The van der Waals surface area contributed by atoms with Crippen LogP contribution in [0.4, 0.5) is 11.4 Å². The molecule has 1 fully saturated rings. The lowest BCUT2D eigenvalue weighted by molar-refractivity contribution is -0.131. The van der Waals surface area contributed by atoms with Crippen LogP contribution in [-0.2, 0) is 4.79 Å². The van der Waals surface area contributed by atoms with Crippen molar-refractivity contribution in [2.75, 3.05) is 43.0 Å². The van der Waals surface area contributed by atoms with Crippen LogP contribution in [0.2, 0.25) is 5.02 Å². The molecule has 1 saturated heterocycles. The van der Waals surface area contributed by atoms with E-state index in [1.54, 1.807) is 24.3 Å². The van der Waals surface area contributed by atoms with E-state index >= 15 is 0 Å². The predicted octanol–water partition coefficient (Wildman–Crippen LogP) is 4.31. The molecule has 2 aromatic carbocycles. The Morgan fingerprint density at radius 2 is 1.85 bits per heavy atom. The maximum atomic E-state index is 12.5. The van der Waals surface area contributed by atoms with Crippen molar-refractivity contribution >= 4 is 52.1 Å². The average Bonchev–Trinajstić information content (AvgIpc) is 2.82. The second-order valence-electron chi connectivity index (χ2n) is 7.67. The molecule has 1 aliphatic heterocycles. The minimum atomic E-state index is -0.323. The summed E-state index contributed by atoms with van der Waals surface area (Å²) in [6, 6.07) is 12.5. The zero-order chi connectivity index (χ0) is 23.8. The molecule has 3 rings (SSSR count). The molecule has 0 radical (unpaired) electrons. The van der Waals surface area contributed by atoms with Crippen LogP contribution in [0.25, 0.3) is 0 Å². The van der Waals surface area contributed by atoms with Crippen LogP contribution in [0, 0.1) is 0 Å². The summed E-state index contributed by atoms with van der Waals surface area (Å²) in [7, 11) is 0. The highest BCUT2D eigenvalue weighted by atomic mass is 35.5. The number of hydrogen-bond donors (Lipinski definition) is 2. The van der Waals surface area contributed by atoms with Gasteiger partial charge in [0.1, 0.15) is 5.75 Å². The summed E-state index contributed by atoms with van der Waals surface area (Å²) in [6.07, 6.45) is 1.41. The third-order valence-electron chi connectivity index (χ3n) is 5.28. The third kappa shape index (κ3) is 6.82. The van der Waals surface area contributed by atoms with Gasteiger partial charge in [0, 0.05) is 43.9 Å². The van der Waals surface area contributed by atoms with Crippen molar-refractivity contribution in [1.82, 2.24) is 10.2 Å². The Balaban J connectivity index is 1.56. The Kier molecular flexibility index (Phi) is 8.91. The quantitative estimate of drug-likeness (QED) is 0.565. The number of halogens is 1. The van der Waals surface area contributed by atoms with Gasteiger partial charge in [-0.3, -0.25) is 14.9 Å². The molecule has 2 amide bonds. The Hall–Kier alpha value is -2.84. The number of hydrogen-bond acceptors (Lipinski definition) is 5. The number of amides is 2. The first-order valence-electron chi connectivity index (χ1n) is 11.1. The van der Waals surface area contributed by atoms with Crippen molar-refractivity contribution in [3.8, 4) is 5.75 Å². The molecule has 176 valence electrons. The van der Waals surface area contributed by atoms with Gasteiger partial charge in [0.05, 0.1) is 17.3 Å². The van der Waals surface area contributed by atoms with Gasteiger partial charge < -0.3 is 19.9 Å². The highest BCUT2D eigenvalue weighted by Crippen LogP contribution is 2.29. The number of rotatable bonds is 7. The lowest BCUT2D eigenvalue weighted by Gasteiger charge is -2.36. The van der Waals surface area contributed by atoms with Gasteiger partial charge in [0.25, 0.3) is 5.91 Å². The Morgan fingerprint density at radius 3 is 2.52 bits per heavy atom. The van der Waals surface area contributed by atoms with Gasteiger partial charge in [0.15, 0.2) is 5.11 Å². The van der Waals surface area contributed by atoms with E-state index in [0.29, 0.717) is 48.1 Å². The topological polar surface area (TPSA) is 73.9 Å². The number of nitrogens with zero attached hydrogens (tertiary/aromatic N) is 2. The molecule has 33 heavy (non-hydrogen) atoms. The largest absolute Gasteiger partial charge is 0.494 e. The first-order valence-corrected chi connectivity index (χ1v) is 11.9. The van der Waals surface area contributed by atoms with E-state index in [0.717, 1.165) is 25.2 Å². The molecule has 0 bridgehead atoms. The fourth-order valence-corrected chi connectivity index (χ4v) is 4.06. The van der Waals surface area contributed by atoms with Crippen LogP contribution in [0.1, 0.15) is 37.0 Å². The number of benzene rings is 2. The smallest absolute Gasteiger partial charge is 0.257 e. The number of thiocarbonyl (C=S) groups is 1. The fraction of sp³-hybridized carbons (Fsp3) is 0.375. The summed E-state index contributed by atoms with van der Waals surface area (Å²) in [5, 5.41) is 6.44. The normalized spacial score (nSPS) is 13.4.